The first-order chi connectivity index (χ1) is 16.7. The van der Waals surface area contributed by atoms with E-state index in [0.29, 0.717) is 38.8 Å². The second-order valence-corrected chi connectivity index (χ2v) is 9.78. The minimum absolute atomic E-state index is 0.109. The van der Waals surface area contributed by atoms with E-state index >= 15 is 0 Å². The third-order valence-corrected chi connectivity index (χ3v) is 7.17. The first-order valence-corrected chi connectivity index (χ1v) is 12.8. The second kappa shape index (κ2) is 11.2. The molecule has 0 spiro atoms. The van der Waals surface area contributed by atoms with E-state index in [9.17, 15) is 4.79 Å². The van der Waals surface area contributed by atoms with E-state index in [0.717, 1.165) is 36.7 Å². The van der Waals surface area contributed by atoms with Crippen molar-refractivity contribution in [1.82, 2.24) is 9.80 Å². The molecule has 1 saturated heterocycles. The van der Waals surface area contributed by atoms with Crippen molar-refractivity contribution in [3.63, 3.8) is 0 Å². The average molecular weight is 465 g/mol. The number of rotatable bonds is 7. The molecule has 2 aliphatic heterocycles. The fraction of sp³-hybridized carbons (Fsp3) is 0.536. The highest BCUT2D eigenvalue weighted by atomic mass is 16.6. The monoisotopic (exact) mass is 464 g/mol. The van der Waals surface area contributed by atoms with Gasteiger partial charge >= 0.3 is 0 Å². The molecule has 6 nitrogen and oxygen atoms in total. The molecule has 0 bridgehead atoms. The summed E-state index contributed by atoms with van der Waals surface area (Å²) in [6.07, 6.45) is 5.83. The lowest BCUT2D eigenvalue weighted by atomic mass is 9.88. The van der Waals surface area contributed by atoms with Gasteiger partial charge in [0.1, 0.15) is 19.3 Å². The number of ether oxygens (including phenoxy) is 3. The summed E-state index contributed by atoms with van der Waals surface area (Å²) in [6, 6.07) is 16.5. The molecule has 1 atom stereocenters. The van der Waals surface area contributed by atoms with Gasteiger partial charge in [-0.25, -0.2) is 0 Å². The van der Waals surface area contributed by atoms with Crippen LogP contribution < -0.4 is 9.47 Å². The van der Waals surface area contributed by atoms with E-state index in [1.165, 1.54) is 37.7 Å². The normalized spacial score (nSPS) is 21.2. The highest BCUT2D eigenvalue weighted by Gasteiger charge is 2.32. The number of nitrogens with zero attached hydrogens (tertiary/aromatic N) is 2. The van der Waals surface area contributed by atoms with Gasteiger partial charge in [0.2, 0.25) is 0 Å². The predicted octanol–water partition coefficient (Wildman–Crippen LogP) is 4.27. The fourth-order valence-electron chi connectivity index (χ4n) is 5.36. The molecule has 34 heavy (non-hydrogen) atoms. The van der Waals surface area contributed by atoms with Gasteiger partial charge in [-0.1, -0.05) is 55.7 Å². The summed E-state index contributed by atoms with van der Waals surface area (Å²) in [5.41, 5.74) is 2.34. The Balaban J connectivity index is 1.29. The second-order valence-electron chi connectivity index (χ2n) is 9.78. The minimum Gasteiger partial charge on any atom is -0.486 e. The lowest BCUT2D eigenvalue weighted by Crippen LogP contribution is -2.51. The van der Waals surface area contributed by atoms with Crippen molar-refractivity contribution in [2.24, 2.45) is 5.92 Å². The van der Waals surface area contributed by atoms with Crippen LogP contribution in [0.15, 0.2) is 48.5 Å². The zero-order valence-corrected chi connectivity index (χ0v) is 20.0. The number of hydrogen-bond donors (Lipinski definition) is 0. The van der Waals surface area contributed by atoms with E-state index in [1.54, 1.807) is 0 Å². The number of carbonyl (C=O) groups excluding carboxylic acids is 1. The maximum Gasteiger partial charge on any atom is 0.253 e. The molecule has 2 fully saturated rings. The van der Waals surface area contributed by atoms with Crippen LogP contribution in [-0.4, -0.2) is 61.3 Å². The van der Waals surface area contributed by atoms with Gasteiger partial charge in [0.25, 0.3) is 5.91 Å². The molecular formula is C28H36N2O4. The van der Waals surface area contributed by atoms with E-state index in [-0.39, 0.29) is 5.91 Å². The maximum atomic E-state index is 13.8. The molecule has 2 aromatic rings. The third kappa shape index (κ3) is 5.91. The van der Waals surface area contributed by atoms with Crippen molar-refractivity contribution in [3.8, 4) is 11.5 Å². The van der Waals surface area contributed by atoms with Crippen LogP contribution in [0.5, 0.6) is 11.5 Å². The third-order valence-electron chi connectivity index (χ3n) is 7.17. The minimum atomic E-state index is -0.418. The average Bonchev–Trinajstić information content (AvgIpc) is 2.89. The zero-order chi connectivity index (χ0) is 23.2. The van der Waals surface area contributed by atoms with Crippen molar-refractivity contribution >= 4 is 5.91 Å². The lowest BCUT2D eigenvalue weighted by molar-refractivity contribution is -0.151. The van der Waals surface area contributed by atoms with Gasteiger partial charge in [0.05, 0.1) is 6.61 Å². The van der Waals surface area contributed by atoms with Crippen molar-refractivity contribution in [2.75, 3.05) is 39.5 Å². The molecular weight excluding hydrogens is 428 g/mol. The van der Waals surface area contributed by atoms with Crippen molar-refractivity contribution < 1.29 is 19.0 Å². The van der Waals surface area contributed by atoms with E-state index in [1.807, 2.05) is 23.1 Å². The number of fused-ring (bicyclic) bond motifs is 1. The number of hydrogen-bond acceptors (Lipinski definition) is 5. The molecule has 1 aliphatic carbocycles. The summed E-state index contributed by atoms with van der Waals surface area (Å²) in [6.45, 7) is 5.44. The van der Waals surface area contributed by atoms with Gasteiger partial charge < -0.3 is 19.1 Å². The first kappa shape index (κ1) is 23.2. The highest BCUT2D eigenvalue weighted by Crippen LogP contribution is 2.32. The maximum absolute atomic E-state index is 13.8. The van der Waals surface area contributed by atoms with E-state index in [2.05, 4.69) is 35.2 Å². The Morgan fingerprint density at radius 2 is 1.71 bits per heavy atom. The quantitative estimate of drug-likeness (QED) is 0.613. The van der Waals surface area contributed by atoms with Gasteiger partial charge in [0.15, 0.2) is 11.5 Å². The molecule has 1 amide bonds. The molecule has 182 valence electrons. The van der Waals surface area contributed by atoms with Crippen LogP contribution in [0.3, 0.4) is 0 Å². The molecule has 6 heteroatoms. The Labute approximate surface area is 202 Å². The number of amides is 1. The Hall–Kier alpha value is -2.57. The first-order valence-electron chi connectivity index (χ1n) is 12.8. The van der Waals surface area contributed by atoms with Crippen molar-refractivity contribution in [3.05, 3.63) is 59.7 Å². The van der Waals surface area contributed by atoms with Gasteiger partial charge in [-0.2, -0.15) is 0 Å². The van der Waals surface area contributed by atoms with E-state index in [4.69, 9.17) is 14.2 Å². The number of benzene rings is 2. The standard InChI is InChI=1S/C28H36N2O4/c31-28(27-21-29(13-14-32-27)18-22-7-3-1-4-8-22)30(19-23-9-5-2-6-10-23)20-24-11-12-25-26(17-24)34-16-15-33-25/h1,3-4,7-8,11-12,17,23,27H,2,5-6,9-10,13-16,18-21H2. The summed E-state index contributed by atoms with van der Waals surface area (Å²) < 4.78 is 17.5. The molecule has 5 rings (SSSR count). The molecule has 0 radical (unpaired) electrons. The zero-order valence-electron chi connectivity index (χ0n) is 20.0. The summed E-state index contributed by atoms with van der Waals surface area (Å²) in [5, 5.41) is 0. The van der Waals surface area contributed by atoms with Crippen molar-refractivity contribution in [1.29, 1.82) is 0 Å². The van der Waals surface area contributed by atoms with Crippen LogP contribution >= 0.6 is 0 Å². The van der Waals surface area contributed by atoms with Crippen molar-refractivity contribution in [2.45, 2.75) is 51.3 Å². The molecule has 2 aromatic carbocycles. The fourth-order valence-corrected chi connectivity index (χ4v) is 5.36. The number of carbonyl (C=O) groups is 1. The molecule has 1 saturated carbocycles. The van der Waals surface area contributed by atoms with Crippen LogP contribution in [0.25, 0.3) is 0 Å². The van der Waals surface area contributed by atoms with Gasteiger partial charge in [-0.05, 0) is 42.0 Å². The van der Waals surface area contributed by atoms with E-state index < -0.39 is 6.10 Å². The SMILES string of the molecule is O=C(C1CN(Cc2ccccc2)CCO1)N(Cc1ccc2c(c1)OCCO2)CC1CCCCC1. The lowest BCUT2D eigenvalue weighted by Gasteiger charge is -2.37. The molecule has 3 aliphatic rings. The largest absolute Gasteiger partial charge is 0.486 e. The van der Waals surface area contributed by atoms with Crippen LogP contribution in [0.4, 0.5) is 0 Å². The van der Waals surface area contributed by atoms with Gasteiger partial charge in [0, 0.05) is 32.7 Å². The number of morpholine rings is 1. The Bertz CT molecular complexity index is 945. The van der Waals surface area contributed by atoms with Gasteiger partial charge in [-0.15, -0.1) is 0 Å². The Morgan fingerprint density at radius 1 is 0.912 bits per heavy atom. The Kier molecular flexibility index (Phi) is 7.66. The summed E-state index contributed by atoms with van der Waals surface area (Å²) >= 11 is 0. The summed E-state index contributed by atoms with van der Waals surface area (Å²) in [5.74, 6) is 2.24. The van der Waals surface area contributed by atoms with Gasteiger partial charge in [-0.3, -0.25) is 9.69 Å². The molecule has 0 aromatic heterocycles. The Morgan fingerprint density at radius 3 is 2.53 bits per heavy atom. The topological polar surface area (TPSA) is 51.2 Å². The summed E-state index contributed by atoms with van der Waals surface area (Å²) in [7, 11) is 0. The highest BCUT2D eigenvalue weighted by molar-refractivity contribution is 5.81. The predicted molar refractivity (Wildman–Crippen MR) is 131 cm³/mol. The van der Waals surface area contributed by atoms with Crippen LogP contribution in [-0.2, 0) is 22.6 Å². The molecule has 1 unspecified atom stereocenters. The smallest absolute Gasteiger partial charge is 0.253 e. The van der Waals surface area contributed by atoms with Crippen LogP contribution in [0.1, 0.15) is 43.2 Å². The summed E-state index contributed by atoms with van der Waals surface area (Å²) in [4.78, 5) is 18.2. The molecule has 0 N–H and O–H groups in total. The van der Waals surface area contributed by atoms with Crippen LogP contribution in [0.2, 0.25) is 0 Å². The van der Waals surface area contributed by atoms with Crippen LogP contribution in [0, 0.1) is 5.92 Å². The molecule has 2 heterocycles.